The lowest BCUT2D eigenvalue weighted by molar-refractivity contribution is -0.160. The average Bonchev–Trinajstić information content (AvgIpc) is 2.35. The summed E-state index contributed by atoms with van der Waals surface area (Å²) in [5.41, 5.74) is 0. The SMILES string of the molecule is COC(C)CN1CC2CNCCN2C(=O)C1=O. The van der Waals surface area contributed by atoms with Crippen LogP contribution in [0.4, 0.5) is 0 Å². The molecule has 2 unspecified atom stereocenters. The Kier molecular flexibility index (Phi) is 3.63. The first-order valence-corrected chi connectivity index (χ1v) is 5.97. The molecule has 0 aromatic carbocycles. The van der Waals surface area contributed by atoms with E-state index in [0.717, 1.165) is 13.1 Å². The molecule has 2 aliphatic rings. The van der Waals surface area contributed by atoms with E-state index >= 15 is 0 Å². The zero-order valence-electron chi connectivity index (χ0n) is 10.3. The van der Waals surface area contributed by atoms with Gasteiger partial charge in [-0.05, 0) is 6.92 Å². The topological polar surface area (TPSA) is 61.9 Å². The van der Waals surface area contributed by atoms with Crippen LogP contribution < -0.4 is 5.32 Å². The number of nitrogens with zero attached hydrogens (tertiary/aromatic N) is 2. The summed E-state index contributed by atoms with van der Waals surface area (Å²) in [5.74, 6) is -0.766. The van der Waals surface area contributed by atoms with Gasteiger partial charge in [0, 0.05) is 39.8 Å². The molecule has 2 heterocycles. The van der Waals surface area contributed by atoms with Crippen LogP contribution in [0.5, 0.6) is 0 Å². The molecule has 1 N–H and O–H groups in total. The number of piperazine rings is 2. The van der Waals surface area contributed by atoms with E-state index in [9.17, 15) is 9.59 Å². The van der Waals surface area contributed by atoms with Gasteiger partial charge in [0.05, 0.1) is 12.1 Å². The Balaban J connectivity index is 2.05. The van der Waals surface area contributed by atoms with E-state index in [-0.39, 0.29) is 18.1 Å². The minimum Gasteiger partial charge on any atom is -0.380 e. The standard InChI is InChI=1S/C11H19N3O3/c1-8(17-2)6-13-7-9-5-12-3-4-14(9)11(16)10(13)15/h8-9,12H,3-7H2,1-2H3. The molecule has 2 atom stereocenters. The lowest BCUT2D eigenvalue weighted by atomic mass is 10.1. The fourth-order valence-corrected chi connectivity index (χ4v) is 2.33. The third-order valence-corrected chi connectivity index (χ3v) is 3.39. The minimum absolute atomic E-state index is 0.0464. The highest BCUT2D eigenvalue weighted by Gasteiger charge is 2.40. The molecule has 2 saturated heterocycles. The molecule has 2 fully saturated rings. The van der Waals surface area contributed by atoms with Crippen molar-refractivity contribution in [2.75, 3.05) is 39.8 Å². The molecular weight excluding hydrogens is 222 g/mol. The summed E-state index contributed by atoms with van der Waals surface area (Å²) in [6, 6.07) is 0.109. The number of carbonyl (C=O) groups is 2. The number of amides is 2. The molecule has 0 aromatic rings. The van der Waals surface area contributed by atoms with Crippen molar-refractivity contribution in [1.29, 1.82) is 0 Å². The minimum atomic E-state index is -0.396. The highest BCUT2D eigenvalue weighted by atomic mass is 16.5. The number of rotatable bonds is 3. The molecule has 96 valence electrons. The molecule has 17 heavy (non-hydrogen) atoms. The number of ether oxygens (including phenoxy) is 1. The fraction of sp³-hybridized carbons (Fsp3) is 0.818. The van der Waals surface area contributed by atoms with Gasteiger partial charge in [0.25, 0.3) is 0 Å². The lowest BCUT2D eigenvalue weighted by Gasteiger charge is -2.43. The molecule has 6 nitrogen and oxygen atoms in total. The molecule has 0 aliphatic carbocycles. The van der Waals surface area contributed by atoms with E-state index in [2.05, 4.69) is 5.32 Å². The van der Waals surface area contributed by atoms with Gasteiger partial charge in [-0.1, -0.05) is 0 Å². The van der Waals surface area contributed by atoms with E-state index in [1.807, 2.05) is 6.92 Å². The molecule has 2 rings (SSSR count). The van der Waals surface area contributed by atoms with Crippen molar-refractivity contribution in [3.8, 4) is 0 Å². The fourth-order valence-electron chi connectivity index (χ4n) is 2.33. The predicted molar refractivity (Wildman–Crippen MR) is 61.4 cm³/mol. The van der Waals surface area contributed by atoms with Gasteiger partial charge < -0.3 is 19.9 Å². The lowest BCUT2D eigenvalue weighted by Crippen LogP contribution is -2.66. The number of nitrogens with one attached hydrogen (secondary N) is 1. The highest BCUT2D eigenvalue weighted by molar-refractivity contribution is 6.35. The molecule has 2 aliphatic heterocycles. The summed E-state index contributed by atoms with van der Waals surface area (Å²) in [5, 5.41) is 3.24. The van der Waals surface area contributed by atoms with Gasteiger partial charge in [0.2, 0.25) is 0 Å². The Bertz CT molecular complexity index is 321. The Hall–Kier alpha value is -1.14. The largest absolute Gasteiger partial charge is 0.380 e. The molecule has 6 heteroatoms. The predicted octanol–water partition coefficient (Wildman–Crippen LogP) is -1.34. The Morgan fingerprint density at radius 3 is 2.94 bits per heavy atom. The van der Waals surface area contributed by atoms with E-state index in [1.165, 1.54) is 0 Å². The second kappa shape index (κ2) is 5.01. The van der Waals surface area contributed by atoms with E-state index < -0.39 is 5.91 Å². The van der Waals surface area contributed by atoms with Crippen LogP contribution in [0.2, 0.25) is 0 Å². The van der Waals surface area contributed by atoms with Crippen LogP contribution >= 0.6 is 0 Å². The van der Waals surface area contributed by atoms with Crippen LogP contribution in [0.25, 0.3) is 0 Å². The Morgan fingerprint density at radius 2 is 2.24 bits per heavy atom. The number of carbonyl (C=O) groups excluding carboxylic acids is 2. The quantitative estimate of drug-likeness (QED) is 0.622. The second-order valence-electron chi connectivity index (χ2n) is 4.61. The van der Waals surface area contributed by atoms with Crippen molar-refractivity contribution in [2.45, 2.75) is 19.1 Å². The van der Waals surface area contributed by atoms with Gasteiger partial charge in [0.15, 0.2) is 0 Å². The van der Waals surface area contributed by atoms with Crippen molar-refractivity contribution in [2.24, 2.45) is 0 Å². The maximum absolute atomic E-state index is 11.9. The van der Waals surface area contributed by atoms with Crippen LogP contribution in [-0.4, -0.2) is 73.6 Å². The zero-order chi connectivity index (χ0) is 12.4. The normalized spacial score (nSPS) is 27.1. The monoisotopic (exact) mass is 241 g/mol. The van der Waals surface area contributed by atoms with Crippen molar-refractivity contribution in [3.05, 3.63) is 0 Å². The molecule has 0 bridgehead atoms. The van der Waals surface area contributed by atoms with Crippen molar-refractivity contribution < 1.29 is 14.3 Å². The first-order valence-electron chi connectivity index (χ1n) is 5.97. The van der Waals surface area contributed by atoms with E-state index in [0.29, 0.717) is 19.6 Å². The summed E-state index contributed by atoms with van der Waals surface area (Å²) in [6.45, 7) is 5.13. The Morgan fingerprint density at radius 1 is 1.47 bits per heavy atom. The first kappa shape index (κ1) is 12.3. The van der Waals surface area contributed by atoms with Crippen LogP contribution in [0, 0.1) is 0 Å². The summed E-state index contributed by atoms with van der Waals surface area (Å²) >= 11 is 0. The van der Waals surface area contributed by atoms with Crippen LogP contribution in [0.1, 0.15) is 6.92 Å². The smallest absolute Gasteiger partial charge is 0.312 e. The molecule has 0 radical (unpaired) electrons. The molecular formula is C11H19N3O3. The summed E-state index contributed by atoms with van der Waals surface area (Å²) in [4.78, 5) is 27.1. The van der Waals surface area contributed by atoms with Gasteiger partial charge in [-0.25, -0.2) is 0 Å². The maximum Gasteiger partial charge on any atom is 0.312 e. The Labute approximate surface area is 101 Å². The van der Waals surface area contributed by atoms with Gasteiger partial charge in [-0.15, -0.1) is 0 Å². The molecule has 2 amide bonds. The van der Waals surface area contributed by atoms with Crippen LogP contribution in [0.15, 0.2) is 0 Å². The molecule has 0 spiro atoms. The number of fused-ring (bicyclic) bond motifs is 1. The summed E-state index contributed by atoms with van der Waals surface area (Å²) in [6.07, 6.45) is -0.0464. The highest BCUT2D eigenvalue weighted by Crippen LogP contribution is 2.14. The van der Waals surface area contributed by atoms with Gasteiger partial charge in [0.1, 0.15) is 0 Å². The van der Waals surface area contributed by atoms with Crippen molar-refractivity contribution >= 4 is 11.8 Å². The van der Waals surface area contributed by atoms with Gasteiger partial charge >= 0.3 is 11.8 Å². The van der Waals surface area contributed by atoms with E-state index in [4.69, 9.17) is 4.74 Å². The average molecular weight is 241 g/mol. The summed E-state index contributed by atoms with van der Waals surface area (Å²) in [7, 11) is 1.61. The third-order valence-electron chi connectivity index (χ3n) is 3.39. The first-order chi connectivity index (χ1) is 8.13. The van der Waals surface area contributed by atoms with Crippen LogP contribution in [-0.2, 0) is 14.3 Å². The van der Waals surface area contributed by atoms with E-state index in [1.54, 1.807) is 16.9 Å². The van der Waals surface area contributed by atoms with Crippen molar-refractivity contribution in [3.63, 3.8) is 0 Å². The maximum atomic E-state index is 11.9. The number of methoxy groups -OCH3 is 1. The molecule has 0 aromatic heterocycles. The van der Waals surface area contributed by atoms with Crippen molar-refractivity contribution in [1.82, 2.24) is 15.1 Å². The third kappa shape index (κ3) is 2.42. The zero-order valence-corrected chi connectivity index (χ0v) is 10.3. The van der Waals surface area contributed by atoms with Gasteiger partial charge in [-0.2, -0.15) is 0 Å². The van der Waals surface area contributed by atoms with Gasteiger partial charge in [-0.3, -0.25) is 9.59 Å². The number of hydrogen-bond donors (Lipinski definition) is 1. The summed E-state index contributed by atoms with van der Waals surface area (Å²) < 4.78 is 5.14. The van der Waals surface area contributed by atoms with Crippen LogP contribution in [0.3, 0.4) is 0 Å². The second-order valence-corrected chi connectivity index (χ2v) is 4.61. The molecule has 0 saturated carbocycles. The number of hydrogen-bond acceptors (Lipinski definition) is 4.